The molecule has 0 atom stereocenters. The van der Waals surface area contributed by atoms with Gasteiger partial charge in [-0.25, -0.2) is 0 Å². The van der Waals surface area contributed by atoms with Gasteiger partial charge in [0.25, 0.3) is 0 Å². The molecule has 0 N–H and O–H groups in total. The van der Waals surface area contributed by atoms with Crippen LogP contribution in [0.5, 0.6) is 11.5 Å². The van der Waals surface area contributed by atoms with Crippen LogP contribution in [0.2, 0.25) is 0 Å². The van der Waals surface area contributed by atoms with Crippen LogP contribution in [0.1, 0.15) is 15.9 Å². The Hall–Kier alpha value is -1.16. The molecule has 1 rings (SSSR count). The number of rotatable bonds is 3. The van der Waals surface area contributed by atoms with Crippen molar-refractivity contribution >= 4 is 17.7 Å². The third kappa shape index (κ3) is 2.01. The maximum Gasteiger partial charge on any atom is 0.220 e. The van der Waals surface area contributed by atoms with E-state index in [1.807, 2.05) is 6.92 Å². The van der Waals surface area contributed by atoms with Gasteiger partial charge in [-0.15, -0.1) is 12.6 Å². The standard InChI is InChI=1S/C10H12O3S/c1-6-4-9(13-3)7(10(11)14)5-8(6)12-2/h4-5H,1-3H3,(H,11,14). The lowest BCUT2D eigenvalue weighted by atomic mass is 10.1. The lowest BCUT2D eigenvalue weighted by molar-refractivity contribution is 0.108. The molecular weight excluding hydrogens is 200 g/mol. The van der Waals surface area contributed by atoms with E-state index in [0.717, 1.165) is 5.56 Å². The molecule has 0 amide bonds. The van der Waals surface area contributed by atoms with Crippen molar-refractivity contribution in [1.29, 1.82) is 0 Å². The first-order chi connectivity index (χ1) is 6.60. The van der Waals surface area contributed by atoms with Gasteiger partial charge in [-0.3, -0.25) is 4.79 Å². The van der Waals surface area contributed by atoms with Crippen molar-refractivity contribution in [2.75, 3.05) is 14.2 Å². The van der Waals surface area contributed by atoms with Crippen LogP contribution in [-0.2, 0) is 0 Å². The van der Waals surface area contributed by atoms with E-state index in [1.54, 1.807) is 19.2 Å². The van der Waals surface area contributed by atoms with Crippen LogP contribution >= 0.6 is 12.6 Å². The number of hydrogen-bond acceptors (Lipinski definition) is 3. The largest absolute Gasteiger partial charge is 0.496 e. The van der Waals surface area contributed by atoms with Gasteiger partial charge in [-0.2, -0.15) is 0 Å². The topological polar surface area (TPSA) is 35.5 Å². The molecule has 76 valence electrons. The van der Waals surface area contributed by atoms with E-state index in [9.17, 15) is 4.79 Å². The van der Waals surface area contributed by atoms with E-state index in [0.29, 0.717) is 17.1 Å². The van der Waals surface area contributed by atoms with Crippen LogP contribution in [0, 0.1) is 6.92 Å². The van der Waals surface area contributed by atoms with Gasteiger partial charge >= 0.3 is 0 Å². The van der Waals surface area contributed by atoms with E-state index in [1.165, 1.54) is 7.11 Å². The minimum atomic E-state index is -0.333. The fraction of sp³-hybridized carbons (Fsp3) is 0.300. The molecule has 4 heteroatoms. The zero-order chi connectivity index (χ0) is 10.7. The molecule has 0 saturated carbocycles. The summed E-state index contributed by atoms with van der Waals surface area (Å²) in [6, 6.07) is 3.38. The van der Waals surface area contributed by atoms with Crippen molar-refractivity contribution in [3.63, 3.8) is 0 Å². The van der Waals surface area contributed by atoms with Crippen molar-refractivity contribution in [1.82, 2.24) is 0 Å². The predicted molar refractivity (Wildman–Crippen MR) is 57.6 cm³/mol. The Morgan fingerprint density at radius 2 is 1.79 bits per heavy atom. The van der Waals surface area contributed by atoms with Gasteiger partial charge in [0.05, 0.1) is 19.8 Å². The van der Waals surface area contributed by atoms with E-state index in [4.69, 9.17) is 9.47 Å². The predicted octanol–water partition coefficient (Wildman–Crippen LogP) is 2.08. The zero-order valence-corrected chi connectivity index (χ0v) is 9.22. The third-order valence-corrected chi connectivity index (χ3v) is 2.19. The Balaban J connectivity index is 3.32. The molecule has 0 aliphatic rings. The first-order valence-corrected chi connectivity index (χ1v) is 4.50. The highest BCUT2D eigenvalue weighted by Gasteiger charge is 2.12. The van der Waals surface area contributed by atoms with E-state index in [2.05, 4.69) is 12.6 Å². The fourth-order valence-corrected chi connectivity index (χ4v) is 1.39. The minimum Gasteiger partial charge on any atom is -0.496 e. The van der Waals surface area contributed by atoms with E-state index in [-0.39, 0.29) is 5.12 Å². The first-order valence-electron chi connectivity index (χ1n) is 4.06. The number of ether oxygens (including phenoxy) is 2. The second kappa shape index (κ2) is 4.37. The average Bonchev–Trinajstić information content (AvgIpc) is 2.16. The molecule has 0 spiro atoms. The molecule has 0 aromatic heterocycles. The Labute approximate surface area is 88.4 Å². The summed E-state index contributed by atoms with van der Waals surface area (Å²) in [6.45, 7) is 1.88. The van der Waals surface area contributed by atoms with Crippen LogP contribution in [-0.4, -0.2) is 19.3 Å². The molecule has 1 aromatic rings. The molecule has 3 nitrogen and oxygen atoms in total. The molecule has 0 heterocycles. The van der Waals surface area contributed by atoms with Gasteiger partial charge < -0.3 is 9.47 Å². The summed E-state index contributed by atoms with van der Waals surface area (Å²) in [4.78, 5) is 11.1. The molecule has 1 aromatic carbocycles. The summed E-state index contributed by atoms with van der Waals surface area (Å²) >= 11 is 3.76. The summed E-state index contributed by atoms with van der Waals surface area (Å²) in [7, 11) is 3.07. The highest BCUT2D eigenvalue weighted by Crippen LogP contribution is 2.28. The minimum absolute atomic E-state index is 0.333. The van der Waals surface area contributed by atoms with Crippen molar-refractivity contribution in [3.05, 3.63) is 23.3 Å². The molecule has 0 radical (unpaired) electrons. The Bertz CT molecular complexity index is 361. The number of carbonyl (C=O) groups is 1. The maximum atomic E-state index is 11.1. The summed E-state index contributed by atoms with van der Waals surface area (Å²) in [5.41, 5.74) is 1.33. The second-order valence-corrected chi connectivity index (χ2v) is 3.23. The SMILES string of the molecule is COc1cc(C(=O)S)c(OC)cc1C. The van der Waals surface area contributed by atoms with Crippen LogP contribution in [0.3, 0.4) is 0 Å². The van der Waals surface area contributed by atoms with Crippen LogP contribution in [0.25, 0.3) is 0 Å². The lowest BCUT2D eigenvalue weighted by Crippen LogP contribution is -1.98. The highest BCUT2D eigenvalue weighted by molar-refractivity contribution is 7.97. The number of thiol groups is 1. The normalized spacial score (nSPS) is 9.71. The third-order valence-electron chi connectivity index (χ3n) is 1.95. The van der Waals surface area contributed by atoms with E-state index < -0.39 is 0 Å². The van der Waals surface area contributed by atoms with Crippen LogP contribution in [0.4, 0.5) is 0 Å². The zero-order valence-electron chi connectivity index (χ0n) is 8.33. The highest BCUT2D eigenvalue weighted by atomic mass is 32.1. The fourth-order valence-electron chi connectivity index (χ4n) is 1.22. The van der Waals surface area contributed by atoms with Gasteiger partial charge in [0.2, 0.25) is 5.12 Å². The van der Waals surface area contributed by atoms with Crippen molar-refractivity contribution in [2.45, 2.75) is 6.92 Å². The second-order valence-electron chi connectivity index (χ2n) is 2.83. The summed E-state index contributed by atoms with van der Waals surface area (Å²) in [6.07, 6.45) is 0. The summed E-state index contributed by atoms with van der Waals surface area (Å²) in [5, 5.41) is -0.333. The Morgan fingerprint density at radius 3 is 2.21 bits per heavy atom. The molecule has 14 heavy (non-hydrogen) atoms. The van der Waals surface area contributed by atoms with Crippen molar-refractivity contribution < 1.29 is 14.3 Å². The smallest absolute Gasteiger partial charge is 0.220 e. The van der Waals surface area contributed by atoms with Crippen LogP contribution in [0.15, 0.2) is 12.1 Å². The maximum absolute atomic E-state index is 11.1. The number of carbonyl (C=O) groups excluding carboxylic acids is 1. The molecular formula is C10H12O3S. The molecule has 0 aliphatic heterocycles. The Morgan fingerprint density at radius 1 is 1.21 bits per heavy atom. The van der Waals surface area contributed by atoms with Crippen LogP contribution < -0.4 is 9.47 Å². The monoisotopic (exact) mass is 212 g/mol. The molecule has 0 saturated heterocycles. The molecule has 0 fully saturated rings. The van der Waals surface area contributed by atoms with Gasteiger partial charge in [0.1, 0.15) is 11.5 Å². The number of hydrogen-bond donors (Lipinski definition) is 1. The number of benzene rings is 1. The summed E-state index contributed by atoms with van der Waals surface area (Å²) < 4.78 is 10.2. The van der Waals surface area contributed by atoms with Gasteiger partial charge in [0, 0.05) is 0 Å². The number of methoxy groups -OCH3 is 2. The quantitative estimate of drug-likeness (QED) is 0.779. The van der Waals surface area contributed by atoms with Crippen molar-refractivity contribution in [3.8, 4) is 11.5 Å². The Kier molecular flexibility index (Phi) is 3.41. The number of aryl methyl sites for hydroxylation is 1. The first kappa shape index (κ1) is 10.9. The molecule has 0 unspecified atom stereocenters. The van der Waals surface area contributed by atoms with Gasteiger partial charge in [0.15, 0.2) is 0 Å². The van der Waals surface area contributed by atoms with Gasteiger partial charge in [-0.1, -0.05) is 0 Å². The molecule has 0 aliphatic carbocycles. The lowest BCUT2D eigenvalue weighted by Gasteiger charge is -2.10. The van der Waals surface area contributed by atoms with Crippen molar-refractivity contribution in [2.24, 2.45) is 0 Å². The van der Waals surface area contributed by atoms with E-state index >= 15 is 0 Å². The summed E-state index contributed by atoms with van der Waals surface area (Å²) in [5.74, 6) is 1.17. The molecule has 0 bridgehead atoms. The average molecular weight is 212 g/mol. The van der Waals surface area contributed by atoms with Gasteiger partial charge in [-0.05, 0) is 24.6 Å².